The molecule has 33 heavy (non-hydrogen) atoms. The molecule has 1 atom stereocenters. The molecule has 0 amide bonds. The van der Waals surface area contributed by atoms with Gasteiger partial charge in [0, 0.05) is 24.1 Å². The van der Waals surface area contributed by atoms with E-state index in [1.807, 2.05) is 0 Å². The Morgan fingerprint density at radius 1 is 1.09 bits per heavy atom. The Morgan fingerprint density at radius 3 is 2.73 bits per heavy atom. The maximum Gasteiger partial charge on any atom is 0.255 e. The summed E-state index contributed by atoms with van der Waals surface area (Å²) in [7, 11) is 0. The zero-order valence-corrected chi connectivity index (χ0v) is 20.2. The Balaban J connectivity index is 1.33. The highest BCUT2D eigenvalue weighted by atomic mass is 16.5. The molecule has 1 aromatic heterocycles. The minimum Gasteiger partial charge on any atom is -0.376 e. The highest BCUT2D eigenvalue weighted by molar-refractivity contribution is 5.71. The van der Waals surface area contributed by atoms with Gasteiger partial charge >= 0.3 is 0 Å². The molecule has 1 N–H and O–H groups in total. The quantitative estimate of drug-likeness (QED) is 0.706. The van der Waals surface area contributed by atoms with E-state index in [0.29, 0.717) is 5.41 Å². The van der Waals surface area contributed by atoms with Crippen LogP contribution in [0.4, 0.5) is 0 Å². The van der Waals surface area contributed by atoms with Gasteiger partial charge in [-0.2, -0.15) is 0 Å². The first kappa shape index (κ1) is 21.5. The molecule has 0 bridgehead atoms. The Labute approximate surface area is 197 Å². The molecule has 4 aliphatic rings. The van der Waals surface area contributed by atoms with Crippen LogP contribution in [0.15, 0.2) is 29.1 Å². The van der Waals surface area contributed by atoms with Crippen molar-refractivity contribution in [3.05, 3.63) is 51.6 Å². The van der Waals surface area contributed by atoms with Crippen molar-refractivity contribution in [2.45, 2.75) is 89.2 Å². The van der Waals surface area contributed by atoms with Crippen LogP contribution in [0, 0.1) is 5.41 Å². The lowest BCUT2D eigenvalue weighted by atomic mass is 9.68. The number of nitrogens with zero attached hydrogens (tertiary/aromatic N) is 2. The zero-order chi connectivity index (χ0) is 22.7. The maximum absolute atomic E-state index is 13.5. The second-order valence-corrected chi connectivity index (χ2v) is 11.9. The predicted octanol–water partition coefficient (Wildman–Crippen LogP) is 4.98. The van der Waals surface area contributed by atoms with Crippen LogP contribution in [0.2, 0.25) is 0 Å². The number of benzene rings is 1. The number of aromatic nitrogens is 2. The van der Waals surface area contributed by atoms with Gasteiger partial charge in [-0.15, -0.1) is 0 Å². The third kappa shape index (κ3) is 3.77. The van der Waals surface area contributed by atoms with Crippen LogP contribution in [0.1, 0.15) is 82.2 Å². The number of aromatic amines is 1. The number of likely N-dealkylation sites (tertiary alicyclic amines) is 1. The average molecular weight is 448 g/mol. The van der Waals surface area contributed by atoms with E-state index in [2.05, 4.69) is 48.0 Å². The SMILES string of the molecule is CC1(C)CC2(CCCN(Cc3nc4c(c(=O)[nH]3)C3(CCCC3)Cc3ccccc3-4)C2)CCO1. The van der Waals surface area contributed by atoms with Crippen molar-refractivity contribution in [3.63, 3.8) is 0 Å². The number of piperidine rings is 1. The number of fused-ring (bicyclic) bond motifs is 4. The second kappa shape index (κ2) is 7.78. The number of ether oxygens (including phenoxy) is 1. The van der Waals surface area contributed by atoms with Gasteiger partial charge in [-0.1, -0.05) is 37.1 Å². The van der Waals surface area contributed by atoms with Crippen molar-refractivity contribution in [2.24, 2.45) is 5.41 Å². The fraction of sp³-hybridized carbons (Fsp3) is 0.643. The molecule has 5 nitrogen and oxygen atoms in total. The molecule has 2 aliphatic carbocycles. The van der Waals surface area contributed by atoms with Crippen LogP contribution < -0.4 is 5.56 Å². The third-order valence-electron chi connectivity index (χ3n) is 8.90. The van der Waals surface area contributed by atoms with Crippen molar-refractivity contribution in [2.75, 3.05) is 19.7 Å². The van der Waals surface area contributed by atoms with Crippen molar-refractivity contribution in [3.8, 4) is 11.3 Å². The van der Waals surface area contributed by atoms with Gasteiger partial charge in [-0.25, -0.2) is 4.98 Å². The summed E-state index contributed by atoms with van der Waals surface area (Å²) in [5.41, 5.74) is 4.81. The summed E-state index contributed by atoms with van der Waals surface area (Å²) in [5, 5.41) is 0. The predicted molar refractivity (Wildman–Crippen MR) is 130 cm³/mol. The Hall–Kier alpha value is -1.98. The van der Waals surface area contributed by atoms with Gasteiger partial charge in [0.2, 0.25) is 0 Å². The molecular weight excluding hydrogens is 410 g/mol. The molecule has 176 valence electrons. The van der Waals surface area contributed by atoms with Gasteiger partial charge in [0.05, 0.1) is 23.4 Å². The second-order valence-electron chi connectivity index (χ2n) is 11.9. The summed E-state index contributed by atoms with van der Waals surface area (Å²) in [4.78, 5) is 24.5. The summed E-state index contributed by atoms with van der Waals surface area (Å²) in [6.07, 6.45) is 10.3. The molecule has 0 radical (unpaired) electrons. The highest BCUT2D eigenvalue weighted by Gasteiger charge is 2.45. The molecule has 3 fully saturated rings. The Morgan fingerprint density at radius 2 is 1.91 bits per heavy atom. The molecule has 2 spiro atoms. The lowest BCUT2D eigenvalue weighted by Gasteiger charge is -2.50. The number of hydrogen-bond donors (Lipinski definition) is 1. The van der Waals surface area contributed by atoms with Gasteiger partial charge in [-0.3, -0.25) is 9.69 Å². The van der Waals surface area contributed by atoms with E-state index < -0.39 is 0 Å². The van der Waals surface area contributed by atoms with Crippen molar-refractivity contribution in [1.29, 1.82) is 0 Å². The molecule has 5 heteroatoms. The van der Waals surface area contributed by atoms with Crippen LogP contribution in [0.3, 0.4) is 0 Å². The van der Waals surface area contributed by atoms with Crippen molar-refractivity contribution in [1.82, 2.24) is 14.9 Å². The van der Waals surface area contributed by atoms with Crippen LogP contribution in [0.25, 0.3) is 11.3 Å². The molecule has 2 aromatic rings. The summed E-state index contributed by atoms with van der Waals surface area (Å²) >= 11 is 0. The van der Waals surface area contributed by atoms with E-state index in [1.54, 1.807) is 0 Å². The van der Waals surface area contributed by atoms with E-state index in [0.717, 1.165) is 75.4 Å². The fourth-order valence-corrected chi connectivity index (χ4v) is 7.71. The molecule has 3 heterocycles. The van der Waals surface area contributed by atoms with Crippen LogP contribution >= 0.6 is 0 Å². The number of H-pyrrole nitrogens is 1. The standard InChI is InChI=1S/C28H37N3O2/c1-26(2)18-27(13-15-33-26)10-7-14-31(19-27)17-22-29-24-21-9-4-3-8-20(21)16-28(11-5-6-12-28)23(24)25(32)30-22/h3-4,8-9H,5-7,10-19H2,1-2H3,(H,29,30,32). The molecule has 6 rings (SSSR count). The Kier molecular flexibility index (Phi) is 5.08. The van der Waals surface area contributed by atoms with Gasteiger partial charge < -0.3 is 9.72 Å². The van der Waals surface area contributed by atoms with Crippen LogP contribution in [-0.4, -0.2) is 40.2 Å². The van der Waals surface area contributed by atoms with Crippen molar-refractivity contribution >= 4 is 0 Å². The van der Waals surface area contributed by atoms with E-state index in [4.69, 9.17) is 9.72 Å². The normalized spacial score (nSPS) is 28.1. The van der Waals surface area contributed by atoms with Crippen LogP contribution in [-0.2, 0) is 23.1 Å². The number of hydrogen-bond acceptors (Lipinski definition) is 4. The molecule has 2 saturated heterocycles. The van der Waals surface area contributed by atoms with E-state index >= 15 is 0 Å². The summed E-state index contributed by atoms with van der Waals surface area (Å²) in [6.45, 7) is 8.18. The monoisotopic (exact) mass is 447 g/mol. The third-order valence-corrected chi connectivity index (χ3v) is 8.90. The average Bonchev–Trinajstić information content (AvgIpc) is 3.21. The van der Waals surface area contributed by atoms with Crippen LogP contribution in [0.5, 0.6) is 0 Å². The summed E-state index contributed by atoms with van der Waals surface area (Å²) in [6, 6.07) is 8.61. The molecular formula is C28H37N3O2. The lowest BCUT2D eigenvalue weighted by Crippen LogP contribution is -2.50. The van der Waals surface area contributed by atoms with E-state index in [-0.39, 0.29) is 16.6 Å². The molecule has 1 aromatic carbocycles. The highest BCUT2D eigenvalue weighted by Crippen LogP contribution is 2.50. The first-order valence-corrected chi connectivity index (χ1v) is 13.0. The minimum atomic E-state index is -0.0427. The van der Waals surface area contributed by atoms with E-state index in [1.165, 1.54) is 36.8 Å². The number of nitrogens with one attached hydrogen (secondary N) is 1. The minimum absolute atomic E-state index is 0.0222. The number of rotatable bonds is 2. The maximum atomic E-state index is 13.5. The van der Waals surface area contributed by atoms with E-state index in [9.17, 15) is 4.79 Å². The summed E-state index contributed by atoms with van der Waals surface area (Å²) in [5.74, 6) is 0.826. The van der Waals surface area contributed by atoms with Gasteiger partial charge in [0.15, 0.2) is 0 Å². The largest absolute Gasteiger partial charge is 0.376 e. The van der Waals surface area contributed by atoms with Gasteiger partial charge in [-0.05, 0) is 76.3 Å². The first-order chi connectivity index (χ1) is 15.9. The zero-order valence-electron chi connectivity index (χ0n) is 20.2. The van der Waals surface area contributed by atoms with Crippen molar-refractivity contribution < 1.29 is 4.74 Å². The molecule has 2 aliphatic heterocycles. The van der Waals surface area contributed by atoms with Gasteiger partial charge in [0.25, 0.3) is 5.56 Å². The Bertz CT molecular complexity index is 1110. The fourth-order valence-electron chi connectivity index (χ4n) is 7.71. The topological polar surface area (TPSA) is 58.2 Å². The summed E-state index contributed by atoms with van der Waals surface area (Å²) < 4.78 is 6.03. The van der Waals surface area contributed by atoms with Gasteiger partial charge in [0.1, 0.15) is 5.82 Å². The molecule has 1 saturated carbocycles. The first-order valence-electron chi connectivity index (χ1n) is 13.0. The molecule has 1 unspecified atom stereocenters. The smallest absolute Gasteiger partial charge is 0.255 e. The lowest BCUT2D eigenvalue weighted by molar-refractivity contribution is -0.123.